The van der Waals surface area contributed by atoms with E-state index in [1.165, 1.54) is 6.92 Å². The molecule has 4 heteroatoms. The fraction of sp³-hybridized carbons (Fsp3) is 0.0909. The molecule has 0 fully saturated rings. The molecule has 3 rings (SSSR count). The Morgan fingerprint density at radius 1 is 0.769 bits per heavy atom. The number of carbonyl (C=O) groups is 2. The summed E-state index contributed by atoms with van der Waals surface area (Å²) in [6.45, 7) is 1.48. The van der Waals surface area contributed by atoms with Gasteiger partial charge in [0.1, 0.15) is 0 Å². The Morgan fingerprint density at radius 3 is 1.65 bits per heavy atom. The van der Waals surface area contributed by atoms with Crippen molar-refractivity contribution in [1.82, 2.24) is 0 Å². The van der Waals surface area contributed by atoms with Gasteiger partial charge in [0.2, 0.25) is 0 Å². The molecule has 130 valence electrons. The molecule has 1 amide bonds. The zero-order chi connectivity index (χ0) is 18.6. The zero-order valence-corrected chi connectivity index (χ0v) is 14.3. The first-order chi connectivity index (χ1) is 12.5. The molecule has 0 unspecified atom stereocenters. The minimum absolute atomic E-state index is 0.0482. The summed E-state index contributed by atoms with van der Waals surface area (Å²) in [5.74, 6) is -0.613. The molecule has 0 aliphatic rings. The fourth-order valence-corrected chi connectivity index (χ4v) is 2.80. The predicted octanol–water partition coefficient (Wildman–Crippen LogP) is 3.76. The minimum atomic E-state index is -1.83. The number of aliphatic hydroxyl groups is 1. The molecule has 26 heavy (non-hydrogen) atoms. The van der Waals surface area contributed by atoms with Crippen molar-refractivity contribution in [2.24, 2.45) is 0 Å². The predicted molar refractivity (Wildman–Crippen MR) is 101 cm³/mol. The highest BCUT2D eigenvalue weighted by molar-refractivity contribution is 6.01. The van der Waals surface area contributed by atoms with Crippen LogP contribution in [0.2, 0.25) is 0 Å². The Kier molecular flexibility index (Phi) is 4.96. The number of anilines is 1. The van der Waals surface area contributed by atoms with E-state index in [4.69, 9.17) is 0 Å². The largest absolute Gasteiger partial charge is 0.372 e. The van der Waals surface area contributed by atoms with Crippen LogP contribution in [0.4, 0.5) is 5.69 Å². The Hall–Kier alpha value is -3.24. The van der Waals surface area contributed by atoms with E-state index in [0.29, 0.717) is 22.4 Å². The second-order valence-corrected chi connectivity index (χ2v) is 6.03. The van der Waals surface area contributed by atoms with Gasteiger partial charge in [-0.25, -0.2) is 0 Å². The van der Waals surface area contributed by atoms with Crippen LogP contribution in [0, 0.1) is 0 Å². The molecule has 3 aromatic carbocycles. The molecular weight excluding hydrogens is 326 g/mol. The monoisotopic (exact) mass is 345 g/mol. The number of ketones is 1. The molecule has 0 bridgehead atoms. The molecule has 3 aromatic rings. The van der Waals surface area contributed by atoms with Crippen molar-refractivity contribution in [3.05, 3.63) is 102 Å². The second-order valence-electron chi connectivity index (χ2n) is 6.03. The number of hydrogen-bond acceptors (Lipinski definition) is 3. The van der Waals surface area contributed by atoms with Gasteiger partial charge in [0.05, 0.1) is 0 Å². The van der Waals surface area contributed by atoms with Gasteiger partial charge in [-0.3, -0.25) is 9.59 Å². The SMILES string of the molecule is CC(=O)c1ccc(NC(=O)C(O)(c2ccccc2)c2ccccc2)cc1. The summed E-state index contributed by atoms with van der Waals surface area (Å²) in [5.41, 5.74) is 0.185. The number of rotatable bonds is 5. The van der Waals surface area contributed by atoms with E-state index in [9.17, 15) is 14.7 Å². The smallest absolute Gasteiger partial charge is 0.265 e. The number of Topliss-reactive ketones (excluding diaryl/α,β-unsaturated/α-hetero) is 1. The summed E-state index contributed by atoms with van der Waals surface area (Å²) in [4.78, 5) is 24.4. The van der Waals surface area contributed by atoms with Crippen molar-refractivity contribution in [1.29, 1.82) is 0 Å². The Morgan fingerprint density at radius 2 is 1.23 bits per heavy atom. The average molecular weight is 345 g/mol. The topological polar surface area (TPSA) is 66.4 Å². The maximum atomic E-state index is 13.0. The first-order valence-electron chi connectivity index (χ1n) is 8.27. The Balaban J connectivity index is 1.97. The second kappa shape index (κ2) is 7.33. The minimum Gasteiger partial charge on any atom is -0.372 e. The van der Waals surface area contributed by atoms with Crippen LogP contribution in [0.5, 0.6) is 0 Å². The van der Waals surface area contributed by atoms with E-state index < -0.39 is 11.5 Å². The molecule has 2 N–H and O–H groups in total. The molecular formula is C22H19NO3. The van der Waals surface area contributed by atoms with Crippen LogP contribution in [0.1, 0.15) is 28.4 Å². The van der Waals surface area contributed by atoms with Gasteiger partial charge in [-0.15, -0.1) is 0 Å². The maximum absolute atomic E-state index is 13.0. The first kappa shape index (κ1) is 17.6. The van der Waals surface area contributed by atoms with Gasteiger partial charge in [-0.2, -0.15) is 0 Å². The highest BCUT2D eigenvalue weighted by atomic mass is 16.3. The Labute approximate surface area is 152 Å². The van der Waals surface area contributed by atoms with Gasteiger partial charge >= 0.3 is 0 Å². The van der Waals surface area contributed by atoms with Crippen molar-refractivity contribution in [2.45, 2.75) is 12.5 Å². The molecule has 0 aliphatic heterocycles. The summed E-state index contributed by atoms with van der Waals surface area (Å²) >= 11 is 0. The molecule has 0 atom stereocenters. The van der Waals surface area contributed by atoms with Gasteiger partial charge in [0.25, 0.3) is 5.91 Å². The summed E-state index contributed by atoms with van der Waals surface area (Å²) in [7, 11) is 0. The third kappa shape index (κ3) is 3.41. The summed E-state index contributed by atoms with van der Waals surface area (Å²) in [6.07, 6.45) is 0. The molecule has 0 aromatic heterocycles. The highest BCUT2D eigenvalue weighted by Crippen LogP contribution is 2.31. The van der Waals surface area contributed by atoms with Crippen molar-refractivity contribution in [2.75, 3.05) is 5.32 Å². The normalized spacial score (nSPS) is 11.0. The summed E-state index contributed by atoms with van der Waals surface area (Å²) in [5, 5.41) is 14.1. The van der Waals surface area contributed by atoms with Crippen LogP contribution in [0.3, 0.4) is 0 Å². The molecule has 0 spiro atoms. The van der Waals surface area contributed by atoms with Crippen molar-refractivity contribution in [3.8, 4) is 0 Å². The molecule has 4 nitrogen and oxygen atoms in total. The lowest BCUT2D eigenvalue weighted by molar-refractivity contribution is -0.131. The van der Waals surface area contributed by atoms with Crippen LogP contribution in [-0.4, -0.2) is 16.8 Å². The van der Waals surface area contributed by atoms with Crippen molar-refractivity contribution in [3.63, 3.8) is 0 Å². The molecule has 0 saturated carbocycles. The van der Waals surface area contributed by atoms with Gasteiger partial charge < -0.3 is 10.4 Å². The number of amides is 1. The van der Waals surface area contributed by atoms with Gasteiger partial charge in [0, 0.05) is 11.3 Å². The lowest BCUT2D eigenvalue weighted by Gasteiger charge is -2.28. The number of carbonyl (C=O) groups excluding carboxylic acids is 2. The molecule has 0 saturated heterocycles. The standard InChI is InChI=1S/C22H19NO3/c1-16(24)17-12-14-20(15-13-17)23-21(25)22(26,18-8-4-2-5-9-18)19-10-6-3-7-11-19/h2-15,26H,1H3,(H,23,25). The fourth-order valence-electron chi connectivity index (χ4n) is 2.80. The first-order valence-corrected chi connectivity index (χ1v) is 8.27. The van der Waals surface area contributed by atoms with Crippen LogP contribution < -0.4 is 5.32 Å². The number of nitrogens with one attached hydrogen (secondary N) is 1. The lowest BCUT2D eigenvalue weighted by atomic mass is 9.85. The van der Waals surface area contributed by atoms with E-state index >= 15 is 0 Å². The third-order valence-corrected chi connectivity index (χ3v) is 4.26. The van der Waals surface area contributed by atoms with Gasteiger partial charge in [-0.1, -0.05) is 60.7 Å². The third-order valence-electron chi connectivity index (χ3n) is 4.26. The van der Waals surface area contributed by atoms with E-state index in [1.54, 1.807) is 72.8 Å². The summed E-state index contributed by atoms with van der Waals surface area (Å²) in [6, 6.07) is 24.2. The quantitative estimate of drug-likeness (QED) is 0.692. The lowest BCUT2D eigenvalue weighted by Crippen LogP contribution is -2.41. The molecule has 0 radical (unpaired) electrons. The van der Waals surface area contributed by atoms with Crippen LogP contribution in [-0.2, 0) is 10.4 Å². The molecule has 0 heterocycles. The number of hydrogen-bond donors (Lipinski definition) is 2. The van der Waals surface area contributed by atoms with Crippen LogP contribution in [0.25, 0.3) is 0 Å². The van der Waals surface area contributed by atoms with E-state index in [2.05, 4.69) is 5.32 Å². The van der Waals surface area contributed by atoms with Gasteiger partial charge in [-0.05, 0) is 42.3 Å². The average Bonchev–Trinajstić information content (AvgIpc) is 2.69. The van der Waals surface area contributed by atoms with Crippen LogP contribution >= 0.6 is 0 Å². The Bertz CT molecular complexity index is 864. The molecule has 0 aliphatic carbocycles. The maximum Gasteiger partial charge on any atom is 0.265 e. The summed E-state index contributed by atoms with van der Waals surface area (Å²) < 4.78 is 0. The van der Waals surface area contributed by atoms with Gasteiger partial charge in [0.15, 0.2) is 11.4 Å². The van der Waals surface area contributed by atoms with E-state index in [-0.39, 0.29) is 5.78 Å². The number of benzene rings is 3. The van der Waals surface area contributed by atoms with Crippen molar-refractivity contribution >= 4 is 17.4 Å². The highest BCUT2D eigenvalue weighted by Gasteiger charge is 2.39. The zero-order valence-electron chi connectivity index (χ0n) is 14.3. The van der Waals surface area contributed by atoms with Crippen molar-refractivity contribution < 1.29 is 14.7 Å². The van der Waals surface area contributed by atoms with Crippen LogP contribution in [0.15, 0.2) is 84.9 Å². The van der Waals surface area contributed by atoms with E-state index in [0.717, 1.165) is 0 Å². The van der Waals surface area contributed by atoms with E-state index in [1.807, 2.05) is 12.1 Å².